The Morgan fingerprint density at radius 3 is 2.47 bits per heavy atom. The molecule has 1 atom stereocenters. The van der Waals surface area contributed by atoms with Crippen LogP contribution in [0, 0.1) is 5.92 Å². The Morgan fingerprint density at radius 1 is 1.03 bits per heavy atom. The fraction of sp³-hybridized carbons (Fsp3) is 0.463. The molecule has 3 fully saturated rings. The van der Waals surface area contributed by atoms with E-state index >= 15 is 0 Å². The van der Waals surface area contributed by atoms with E-state index < -0.39 is 29.7 Å². The van der Waals surface area contributed by atoms with Gasteiger partial charge in [-0.3, -0.25) is 28.8 Å². The smallest absolute Gasteiger partial charge is 0.433 e. The molecule has 0 spiro atoms. The van der Waals surface area contributed by atoms with Gasteiger partial charge in [0, 0.05) is 51.1 Å². The summed E-state index contributed by atoms with van der Waals surface area (Å²) in [5, 5.41) is 6.59. The fourth-order valence-electron chi connectivity index (χ4n) is 8.96. The topological polar surface area (TPSA) is 144 Å². The second-order valence-electron chi connectivity index (χ2n) is 15.7. The first kappa shape index (κ1) is 40.8. The van der Waals surface area contributed by atoms with E-state index in [2.05, 4.69) is 32.5 Å². The first-order chi connectivity index (χ1) is 28.2. The molecule has 312 valence electrons. The molecule has 8 rings (SSSR count). The number of imide groups is 1. The van der Waals surface area contributed by atoms with Crippen molar-refractivity contribution in [2.75, 3.05) is 44.0 Å². The number of nitrogens with zero attached hydrogens (tertiary/aromatic N) is 6. The average Bonchev–Trinajstić information content (AvgIpc) is 3.74. The van der Waals surface area contributed by atoms with Gasteiger partial charge in [0.05, 0.1) is 49.8 Å². The Kier molecular flexibility index (Phi) is 11.2. The van der Waals surface area contributed by atoms with Crippen molar-refractivity contribution in [3.63, 3.8) is 0 Å². The van der Waals surface area contributed by atoms with E-state index in [1.165, 1.54) is 17.7 Å². The zero-order valence-corrected chi connectivity index (χ0v) is 34.3. The van der Waals surface area contributed by atoms with Crippen LogP contribution < -0.4 is 26.0 Å². The monoisotopic (exact) mass is 852 g/mol. The number of rotatable bonds is 9. The van der Waals surface area contributed by atoms with Gasteiger partial charge in [0.15, 0.2) is 0 Å². The molecule has 0 bridgehead atoms. The number of aromatic nitrogens is 4. The third-order valence-corrected chi connectivity index (χ3v) is 13.6. The number of hydrogen-bond acceptors (Lipinski definition) is 10. The molecule has 3 aromatic heterocycles. The van der Waals surface area contributed by atoms with Crippen LogP contribution in [0.5, 0.6) is 5.75 Å². The molecule has 13 nitrogen and oxygen atoms in total. The number of methoxy groups -OCH3 is 1. The zero-order chi connectivity index (χ0) is 41.7. The molecule has 2 N–H and O–H groups in total. The number of aryl methyl sites for hydroxylation is 1. The number of imidazole rings is 1. The number of nitrogens with one attached hydrogen (secondary N) is 2. The van der Waals surface area contributed by atoms with Crippen molar-refractivity contribution in [1.82, 2.24) is 29.3 Å². The number of carbonyl (C=O) groups excluding carboxylic acids is 3. The van der Waals surface area contributed by atoms with Crippen LogP contribution in [0.25, 0.3) is 21.3 Å². The van der Waals surface area contributed by atoms with Gasteiger partial charge in [0.1, 0.15) is 23.2 Å². The Balaban J connectivity index is 0.876. The molecule has 5 aromatic rings. The van der Waals surface area contributed by atoms with E-state index in [9.17, 15) is 32.3 Å². The minimum atomic E-state index is -4.67. The lowest BCUT2D eigenvalue weighted by molar-refractivity contribution is -0.141. The molecule has 1 unspecified atom stereocenters. The number of benzene rings is 2. The molecule has 1 aliphatic carbocycles. The van der Waals surface area contributed by atoms with Crippen molar-refractivity contribution in [2.24, 2.45) is 13.0 Å². The highest BCUT2D eigenvalue weighted by Gasteiger charge is 2.35. The van der Waals surface area contributed by atoms with Crippen LogP contribution in [-0.2, 0) is 22.8 Å². The number of halogens is 4. The van der Waals surface area contributed by atoms with E-state index in [0.717, 1.165) is 91.2 Å². The summed E-state index contributed by atoms with van der Waals surface area (Å²) >= 11 is 8.39. The average molecular weight is 853 g/mol. The van der Waals surface area contributed by atoms with Crippen molar-refractivity contribution < 1.29 is 32.3 Å². The minimum Gasteiger partial charge on any atom is -0.494 e. The Labute approximate surface area is 346 Å². The van der Waals surface area contributed by atoms with E-state index in [4.69, 9.17) is 21.3 Å². The summed E-state index contributed by atoms with van der Waals surface area (Å²) in [5.74, 6) is -0.394. The van der Waals surface area contributed by atoms with E-state index in [1.807, 2.05) is 0 Å². The van der Waals surface area contributed by atoms with Gasteiger partial charge >= 0.3 is 11.9 Å². The van der Waals surface area contributed by atoms with Crippen LogP contribution in [0.15, 0.2) is 47.3 Å². The standard InChI is InChI=1S/C41H44ClF3N8O5S/c1-50(24-15-17-52(18-16-24)35-25(42)11-12-29-36(35)51(2)40(57)53(29)30-13-14-34(54)49-38(30)56)21-22-7-9-23(10-8-22)39-48-28-19-31(58-3)27(20-32(28)59-39)47-37(55)26-5-4-6-33(46-26)41(43,44)45/h4-6,11-12,19-20,22-24,30H,7-10,13-18,21H2,1-3H3,(H,47,55)(H,49,54,56)/t22-,23-,30?. The van der Waals surface area contributed by atoms with Crippen molar-refractivity contribution in [3.8, 4) is 5.75 Å². The van der Waals surface area contributed by atoms with Gasteiger partial charge in [0.25, 0.3) is 5.91 Å². The predicted molar refractivity (Wildman–Crippen MR) is 220 cm³/mol. The Hall–Kier alpha value is -5.00. The van der Waals surface area contributed by atoms with Crippen molar-refractivity contribution in [3.05, 3.63) is 74.4 Å². The largest absolute Gasteiger partial charge is 0.494 e. The summed E-state index contributed by atoms with van der Waals surface area (Å²) in [6.45, 7) is 2.50. The minimum absolute atomic E-state index is 0.172. The van der Waals surface area contributed by atoms with Crippen molar-refractivity contribution in [1.29, 1.82) is 0 Å². The summed E-state index contributed by atoms with van der Waals surface area (Å²) < 4.78 is 49.0. The number of ether oxygens (including phenoxy) is 1. The molecule has 18 heteroatoms. The molecule has 5 heterocycles. The van der Waals surface area contributed by atoms with Gasteiger partial charge in [-0.2, -0.15) is 13.2 Å². The first-order valence-corrected chi connectivity index (χ1v) is 20.9. The molecule has 2 aliphatic heterocycles. The van der Waals surface area contributed by atoms with Gasteiger partial charge in [-0.05, 0) is 88.2 Å². The van der Waals surface area contributed by atoms with Crippen LogP contribution in [-0.4, -0.2) is 81.6 Å². The highest BCUT2D eigenvalue weighted by Crippen LogP contribution is 2.42. The predicted octanol–water partition coefficient (Wildman–Crippen LogP) is 7.13. The molecule has 59 heavy (non-hydrogen) atoms. The van der Waals surface area contributed by atoms with Crippen molar-refractivity contribution >= 4 is 73.3 Å². The molecule has 1 saturated carbocycles. The van der Waals surface area contributed by atoms with Crippen LogP contribution in [0.1, 0.15) is 84.5 Å². The summed E-state index contributed by atoms with van der Waals surface area (Å²) in [4.78, 5) is 64.2. The lowest BCUT2D eigenvalue weighted by atomic mass is 9.82. The van der Waals surface area contributed by atoms with Gasteiger partial charge in [0.2, 0.25) is 11.8 Å². The summed E-state index contributed by atoms with van der Waals surface area (Å²) in [6.07, 6.45) is 1.74. The Morgan fingerprint density at radius 2 is 1.78 bits per heavy atom. The second kappa shape index (κ2) is 16.2. The number of anilines is 2. The van der Waals surface area contributed by atoms with Crippen LogP contribution in [0.4, 0.5) is 24.5 Å². The highest BCUT2D eigenvalue weighted by molar-refractivity contribution is 7.18. The lowest BCUT2D eigenvalue weighted by Gasteiger charge is -2.40. The number of pyridine rings is 1. The number of piperidine rings is 2. The quantitative estimate of drug-likeness (QED) is 0.148. The zero-order valence-electron chi connectivity index (χ0n) is 32.8. The number of hydrogen-bond donors (Lipinski definition) is 2. The molecule has 3 aliphatic rings. The van der Waals surface area contributed by atoms with Crippen LogP contribution >= 0.6 is 22.9 Å². The first-order valence-electron chi connectivity index (χ1n) is 19.7. The number of thiazole rings is 1. The van der Waals surface area contributed by atoms with Gasteiger partial charge < -0.3 is 19.9 Å². The number of fused-ring (bicyclic) bond motifs is 2. The van der Waals surface area contributed by atoms with E-state index in [-0.39, 0.29) is 30.1 Å². The maximum absolute atomic E-state index is 13.5. The van der Waals surface area contributed by atoms with Crippen LogP contribution in [0.3, 0.4) is 0 Å². The molecule has 2 saturated heterocycles. The number of amides is 3. The number of carbonyl (C=O) groups is 3. The summed E-state index contributed by atoms with van der Waals surface area (Å²) in [7, 11) is 5.35. The SMILES string of the molecule is COc1cc2nc([C@H]3CC[C@H](CN(C)C4CCN(c5c(Cl)ccc6c5n(C)c(=O)n6C5CCC(=O)NC5=O)CC4)CC3)sc2cc1NC(=O)c1cccc(C(F)(F)F)n1. The molecular formula is C41H44ClF3N8O5S. The number of alkyl halides is 3. The van der Waals surface area contributed by atoms with Gasteiger partial charge in [-0.25, -0.2) is 14.8 Å². The van der Waals surface area contributed by atoms with Gasteiger partial charge in [-0.15, -0.1) is 11.3 Å². The Bertz CT molecular complexity index is 2500. The summed E-state index contributed by atoms with van der Waals surface area (Å²) in [6, 6.07) is 9.87. The summed E-state index contributed by atoms with van der Waals surface area (Å²) in [5.41, 5.74) is 1.33. The van der Waals surface area contributed by atoms with E-state index in [0.29, 0.717) is 45.4 Å². The molecule has 0 radical (unpaired) electrons. The molecule has 3 amide bonds. The lowest BCUT2D eigenvalue weighted by Crippen LogP contribution is -2.45. The van der Waals surface area contributed by atoms with Gasteiger partial charge in [-0.1, -0.05) is 17.7 Å². The van der Waals surface area contributed by atoms with Crippen molar-refractivity contribution in [2.45, 2.75) is 75.5 Å². The molecule has 2 aromatic carbocycles. The van der Waals surface area contributed by atoms with Crippen LogP contribution in [0.2, 0.25) is 5.02 Å². The second-order valence-corrected chi connectivity index (χ2v) is 17.2. The third-order valence-electron chi connectivity index (χ3n) is 12.1. The fourth-order valence-corrected chi connectivity index (χ4v) is 10.4. The molecular weight excluding hydrogens is 809 g/mol. The normalized spacial score (nSPS) is 20.7. The maximum Gasteiger partial charge on any atom is 0.433 e. The maximum atomic E-state index is 13.5. The highest BCUT2D eigenvalue weighted by atomic mass is 35.5. The van der Waals surface area contributed by atoms with E-state index in [1.54, 1.807) is 47.2 Å². The third kappa shape index (κ3) is 8.03.